The minimum Gasteiger partial charge on any atom is -0.340 e. The molecule has 0 radical (unpaired) electrons. The van der Waals surface area contributed by atoms with E-state index in [9.17, 15) is 9.18 Å². The molecule has 0 aliphatic rings. The van der Waals surface area contributed by atoms with Crippen LogP contribution in [0.2, 0.25) is 0 Å². The summed E-state index contributed by atoms with van der Waals surface area (Å²) in [6.07, 6.45) is 1.82. The number of carbonyl (C=O) groups is 1. The van der Waals surface area contributed by atoms with Gasteiger partial charge in [0.25, 0.3) is 0 Å². The number of ketones is 1. The predicted octanol–water partition coefficient (Wildman–Crippen LogP) is 3.97. The fourth-order valence-electron chi connectivity index (χ4n) is 2.28. The largest absolute Gasteiger partial charge is 0.340 e. The zero-order valence-electron chi connectivity index (χ0n) is 11.1. The molecule has 20 heavy (non-hydrogen) atoms. The first-order chi connectivity index (χ1) is 9.63. The van der Waals surface area contributed by atoms with Crippen LogP contribution in [0.25, 0.3) is 10.9 Å². The van der Waals surface area contributed by atoms with E-state index in [0.29, 0.717) is 5.56 Å². The molecule has 2 aromatic carbocycles. The smallest absolute Gasteiger partial charge is 0.182 e. The zero-order chi connectivity index (χ0) is 14.1. The number of aromatic nitrogens is 1. The van der Waals surface area contributed by atoms with Gasteiger partial charge in [-0.05, 0) is 36.6 Å². The Bertz CT molecular complexity index is 771. The van der Waals surface area contributed by atoms with E-state index >= 15 is 0 Å². The summed E-state index contributed by atoms with van der Waals surface area (Å²) in [5, 5.41) is 0.933. The van der Waals surface area contributed by atoms with Crippen molar-refractivity contribution in [2.75, 3.05) is 0 Å². The van der Waals surface area contributed by atoms with E-state index in [1.54, 1.807) is 10.6 Å². The van der Waals surface area contributed by atoms with Crippen molar-refractivity contribution in [3.8, 4) is 0 Å². The van der Waals surface area contributed by atoms with Crippen LogP contribution in [0, 0.1) is 12.7 Å². The van der Waals surface area contributed by atoms with Crippen molar-refractivity contribution in [1.29, 1.82) is 0 Å². The van der Waals surface area contributed by atoms with Crippen molar-refractivity contribution >= 4 is 16.7 Å². The summed E-state index contributed by atoms with van der Waals surface area (Å²) in [7, 11) is 0. The lowest BCUT2D eigenvalue weighted by atomic mass is 10.1. The van der Waals surface area contributed by atoms with Crippen molar-refractivity contribution in [2.24, 2.45) is 0 Å². The third-order valence-corrected chi connectivity index (χ3v) is 3.42. The minimum absolute atomic E-state index is 0.0201. The molecule has 1 heterocycles. The lowest BCUT2D eigenvalue weighted by Crippen LogP contribution is -2.09. The molecule has 3 rings (SSSR count). The fraction of sp³-hybridized carbons (Fsp3) is 0.118. The van der Waals surface area contributed by atoms with Gasteiger partial charge in [-0.3, -0.25) is 4.79 Å². The average Bonchev–Trinajstić information content (AvgIpc) is 2.82. The van der Waals surface area contributed by atoms with Crippen LogP contribution in [0.4, 0.5) is 4.39 Å². The van der Waals surface area contributed by atoms with E-state index in [4.69, 9.17) is 0 Å². The Kier molecular flexibility index (Phi) is 3.11. The Morgan fingerprint density at radius 2 is 1.85 bits per heavy atom. The van der Waals surface area contributed by atoms with E-state index < -0.39 is 0 Å². The first-order valence-electron chi connectivity index (χ1n) is 6.48. The SMILES string of the molecule is Cc1ccc(C(=O)Cn2ccc3ccc(F)cc32)cc1. The number of rotatable bonds is 3. The summed E-state index contributed by atoms with van der Waals surface area (Å²) in [5.41, 5.74) is 2.54. The maximum atomic E-state index is 13.3. The quantitative estimate of drug-likeness (QED) is 0.658. The Balaban J connectivity index is 1.91. The number of hydrogen-bond acceptors (Lipinski definition) is 1. The van der Waals surface area contributed by atoms with Gasteiger partial charge in [0.2, 0.25) is 0 Å². The van der Waals surface area contributed by atoms with Crippen LogP contribution in [0.3, 0.4) is 0 Å². The van der Waals surface area contributed by atoms with Crippen LogP contribution in [0.1, 0.15) is 15.9 Å². The molecule has 3 aromatic rings. The monoisotopic (exact) mass is 267 g/mol. The van der Waals surface area contributed by atoms with Gasteiger partial charge in [-0.25, -0.2) is 4.39 Å². The molecule has 2 nitrogen and oxygen atoms in total. The molecule has 0 saturated carbocycles. The second kappa shape index (κ2) is 4.93. The third kappa shape index (κ3) is 2.35. The number of aryl methyl sites for hydroxylation is 1. The summed E-state index contributed by atoms with van der Waals surface area (Å²) >= 11 is 0. The highest BCUT2D eigenvalue weighted by atomic mass is 19.1. The van der Waals surface area contributed by atoms with Crippen LogP contribution in [0.15, 0.2) is 54.7 Å². The molecule has 0 bridgehead atoms. The number of Topliss-reactive ketones (excluding diaryl/α,β-unsaturated/α-hetero) is 1. The molecule has 0 amide bonds. The van der Waals surface area contributed by atoms with Crippen LogP contribution in [-0.4, -0.2) is 10.4 Å². The summed E-state index contributed by atoms with van der Waals surface area (Å²) in [5.74, 6) is -0.271. The Morgan fingerprint density at radius 1 is 1.10 bits per heavy atom. The van der Waals surface area contributed by atoms with Crippen LogP contribution in [0.5, 0.6) is 0 Å². The molecule has 0 unspecified atom stereocenters. The first-order valence-corrected chi connectivity index (χ1v) is 6.48. The molecule has 1 aromatic heterocycles. The van der Waals surface area contributed by atoms with Gasteiger partial charge in [-0.15, -0.1) is 0 Å². The third-order valence-electron chi connectivity index (χ3n) is 3.42. The maximum Gasteiger partial charge on any atom is 0.182 e. The van der Waals surface area contributed by atoms with Crippen molar-refractivity contribution < 1.29 is 9.18 Å². The predicted molar refractivity (Wildman–Crippen MR) is 77.4 cm³/mol. The number of halogens is 1. The molecule has 0 N–H and O–H groups in total. The maximum absolute atomic E-state index is 13.3. The lowest BCUT2D eigenvalue weighted by Gasteiger charge is -2.05. The molecule has 0 saturated heterocycles. The summed E-state index contributed by atoms with van der Waals surface area (Å²) in [6.45, 7) is 2.20. The van der Waals surface area contributed by atoms with E-state index in [1.165, 1.54) is 12.1 Å². The minimum atomic E-state index is -0.291. The van der Waals surface area contributed by atoms with Gasteiger partial charge in [0.15, 0.2) is 5.78 Å². The van der Waals surface area contributed by atoms with Crippen molar-refractivity contribution in [2.45, 2.75) is 13.5 Å². The molecule has 0 aliphatic heterocycles. The van der Waals surface area contributed by atoms with Crippen molar-refractivity contribution in [3.63, 3.8) is 0 Å². The second-order valence-electron chi connectivity index (χ2n) is 4.94. The van der Waals surface area contributed by atoms with Gasteiger partial charge >= 0.3 is 0 Å². The normalized spacial score (nSPS) is 10.9. The van der Waals surface area contributed by atoms with E-state index in [2.05, 4.69) is 0 Å². The van der Waals surface area contributed by atoms with Crippen LogP contribution in [-0.2, 0) is 6.54 Å². The Hall–Kier alpha value is -2.42. The highest BCUT2D eigenvalue weighted by Gasteiger charge is 2.09. The molecule has 0 aliphatic carbocycles. The van der Waals surface area contributed by atoms with Gasteiger partial charge < -0.3 is 4.57 Å². The van der Waals surface area contributed by atoms with E-state index in [-0.39, 0.29) is 18.1 Å². The molecule has 0 fully saturated rings. The van der Waals surface area contributed by atoms with Gasteiger partial charge in [0, 0.05) is 11.8 Å². The summed E-state index contributed by atoms with van der Waals surface area (Å²) in [4.78, 5) is 12.2. The molecular formula is C17H14FNO. The number of carbonyl (C=O) groups excluding carboxylic acids is 1. The van der Waals surface area contributed by atoms with E-state index in [0.717, 1.165) is 16.5 Å². The van der Waals surface area contributed by atoms with Gasteiger partial charge in [0.1, 0.15) is 5.82 Å². The number of nitrogens with zero attached hydrogens (tertiary/aromatic N) is 1. The van der Waals surface area contributed by atoms with Crippen LogP contribution < -0.4 is 0 Å². The number of hydrogen-bond donors (Lipinski definition) is 0. The Labute approximate surface area is 116 Å². The van der Waals surface area contributed by atoms with Gasteiger partial charge in [-0.1, -0.05) is 29.8 Å². The van der Waals surface area contributed by atoms with E-state index in [1.807, 2.05) is 43.5 Å². The van der Waals surface area contributed by atoms with Crippen LogP contribution >= 0.6 is 0 Å². The highest BCUT2D eigenvalue weighted by molar-refractivity contribution is 5.96. The number of benzene rings is 2. The topological polar surface area (TPSA) is 22.0 Å². The Morgan fingerprint density at radius 3 is 2.60 bits per heavy atom. The van der Waals surface area contributed by atoms with Crippen molar-refractivity contribution in [1.82, 2.24) is 4.57 Å². The molecular weight excluding hydrogens is 253 g/mol. The fourth-order valence-corrected chi connectivity index (χ4v) is 2.28. The number of fused-ring (bicyclic) bond motifs is 1. The average molecular weight is 267 g/mol. The van der Waals surface area contributed by atoms with Crippen molar-refractivity contribution in [3.05, 3.63) is 71.7 Å². The molecule has 0 atom stereocenters. The molecule has 0 spiro atoms. The van der Waals surface area contributed by atoms with Gasteiger partial charge in [-0.2, -0.15) is 0 Å². The zero-order valence-corrected chi connectivity index (χ0v) is 11.1. The molecule has 100 valence electrons. The summed E-state index contributed by atoms with van der Waals surface area (Å²) in [6, 6.07) is 14.0. The standard InChI is InChI=1S/C17H14FNO/c1-12-2-4-14(5-3-12)17(20)11-19-9-8-13-6-7-15(18)10-16(13)19/h2-10H,11H2,1H3. The first kappa shape index (κ1) is 12.6. The lowest BCUT2D eigenvalue weighted by molar-refractivity contribution is 0.0973. The van der Waals surface area contributed by atoms with Gasteiger partial charge in [0.05, 0.1) is 12.1 Å². The summed E-state index contributed by atoms with van der Waals surface area (Å²) < 4.78 is 15.1. The highest BCUT2D eigenvalue weighted by Crippen LogP contribution is 2.18. The molecule has 3 heteroatoms. The second-order valence-corrected chi connectivity index (χ2v) is 4.94.